The molecule has 4 heteroatoms. The fraction of sp³-hybridized carbons (Fsp3) is 0.636. The van der Waals surface area contributed by atoms with Gasteiger partial charge in [0.25, 0.3) is 0 Å². The average molecular weight is 291 g/mol. The lowest BCUT2D eigenvalue weighted by Crippen LogP contribution is -2.22. The van der Waals surface area contributed by atoms with Crippen LogP contribution in [-0.4, -0.2) is 38.6 Å². The van der Waals surface area contributed by atoms with Crippen LogP contribution in [0.25, 0.3) is 0 Å². The Morgan fingerprint density at radius 1 is 1.33 bits per heavy atom. The van der Waals surface area contributed by atoms with Gasteiger partial charge >= 0.3 is 0 Å². The van der Waals surface area contributed by atoms with Crippen LogP contribution in [0.3, 0.4) is 0 Å². The average Bonchev–Trinajstić information content (AvgIpc) is 2.57. The Balaban J connectivity index is 1.98. The van der Waals surface area contributed by atoms with Crippen LogP contribution in [0.2, 0.25) is 0 Å². The van der Waals surface area contributed by atoms with E-state index in [1.54, 1.807) is 0 Å². The molecular weight excluding hydrogens is 272 g/mol. The molecule has 1 aromatic heterocycles. The van der Waals surface area contributed by atoms with Crippen LogP contribution in [0, 0.1) is 0 Å². The van der Waals surface area contributed by atoms with Gasteiger partial charge in [0.2, 0.25) is 0 Å². The van der Waals surface area contributed by atoms with Crippen LogP contribution in [0.4, 0.5) is 0 Å². The molecule has 0 aliphatic heterocycles. The van der Waals surface area contributed by atoms with Crippen molar-refractivity contribution in [1.29, 1.82) is 0 Å². The third kappa shape index (κ3) is 6.30. The zero-order valence-corrected chi connectivity index (χ0v) is 11.8. The van der Waals surface area contributed by atoms with E-state index >= 15 is 0 Å². The van der Waals surface area contributed by atoms with Gasteiger partial charge in [-0.2, -0.15) is 0 Å². The number of thiophene rings is 1. The van der Waals surface area contributed by atoms with Crippen molar-refractivity contribution < 1.29 is 0 Å². The molecule has 0 fully saturated rings. The largest absolute Gasteiger partial charge is 0.316 e. The van der Waals surface area contributed by atoms with E-state index in [4.69, 9.17) is 0 Å². The summed E-state index contributed by atoms with van der Waals surface area (Å²) in [6.45, 7) is 3.36. The lowest BCUT2D eigenvalue weighted by atomic mass is 10.3. The predicted molar refractivity (Wildman–Crippen MR) is 71.8 cm³/mol. The molecule has 0 saturated heterocycles. The quantitative estimate of drug-likeness (QED) is 0.777. The summed E-state index contributed by atoms with van der Waals surface area (Å²) < 4.78 is 1.23. The molecule has 0 bridgehead atoms. The molecule has 15 heavy (non-hydrogen) atoms. The maximum atomic E-state index is 3.47. The molecular formula is C11H19BrN2S. The Labute approximate surface area is 105 Å². The van der Waals surface area contributed by atoms with Gasteiger partial charge in [0.05, 0.1) is 3.79 Å². The number of halogens is 1. The number of nitrogens with zero attached hydrogens (tertiary/aromatic N) is 1. The van der Waals surface area contributed by atoms with Crippen LogP contribution in [-0.2, 0) is 6.42 Å². The zero-order chi connectivity index (χ0) is 11.1. The smallest absolute Gasteiger partial charge is 0.0701 e. The van der Waals surface area contributed by atoms with Gasteiger partial charge in [0.1, 0.15) is 0 Å². The highest BCUT2D eigenvalue weighted by Gasteiger charge is 1.97. The normalized spacial score (nSPS) is 11.2. The highest BCUT2D eigenvalue weighted by molar-refractivity contribution is 9.11. The van der Waals surface area contributed by atoms with E-state index in [0.29, 0.717) is 0 Å². The molecule has 1 N–H and O–H groups in total. The van der Waals surface area contributed by atoms with Crippen LogP contribution < -0.4 is 5.32 Å². The second-order valence-electron chi connectivity index (χ2n) is 3.86. The Hall–Kier alpha value is 0.1000. The molecule has 0 unspecified atom stereocenters. The minimum Gasteiger partial charge on any atom is -0.316 e. The molecule has 0 amide bonds. The molecule has 0 radical (unpaired) electrons. The van der Waals surface area contributed by atoms with Crippen LogP contribution in [0.15, 0.2) is 15.9 Å². The number of rotatable bonds is 7. The summed E-state index contributed by atoms with van der Waals surface area (Å²) in [4.78, 5) is 3.67. The molecule has 2 nitrogen and oxygen atoms in total. The lowest BCUT2D eigenvalue weighted by Gasteiger charge is -2.09. The number of hydrogen-bond acceptors (Lipinski definition) is 3. The highest BCUT2D eigenvalue weighted by Crippen LogP contribution is 2.21. The van der Waals surface area contributed by atoms with Gasteiger partial charge in [-0.25, -0.2) is 0 Å². The van der Waals surface area contributed by atoms with E-state index in [0.717, 1.165) is 26.1 Å². The molecule has 0 aliphatic carbocycles. The van der Waals surface area contributed by atoms with Gasteiger partial charge in [-0.15, -0.1) is 11.3 Å². The summed E-state index contributed by atoms with van der Waals surface area (Å²) in [7, 11) is 4.23. The molecule has 1 heterocycles. The van der Waals surface area contributed by atoms with Crippen molar-refractivity contribution in [1.82, 2.24) is 10.2 Å². The van der Waals surface area contributed by atoms with Crippen molar-refractivity contribution in [2.24, 2.45) is 0 Å². The Morgan fingerprint density at radius 3 is 2.73 bits per heavy atom. The van der Waals surface area contributed by atoms with E-state index < -0.39 is 0 Å². The van der Waals surface area contributed by atoms with Gasteiger partial charge in [-0.1, -0.05) is 0 Å². The summed E-state index contributed by atoms with van der Waals surface area (Å²) in [5.41, 5.74) is 0. The highest BCUT2D eigenvalue weighted by atomic mass is 79.9. The lowest BCUT2D eigenvalue weighted by molar-refractivity contribution is 0.395. The van der Waals surface area contributed by atoms with Gasteiger partial charge in [0, 0.05) is 4.88 Å². The summed E-state index contributed by atoms with van der Waals surface area (Å²) >= 11 is 5.30. The predicted octanol–water partition coefficient (Wildman–Crippen LogP) is 2.59. The second kappa shape index (κ2) is 7.39. The Morgan fingerprint density at radius 2 is 2.13 bits per heavy atom. The second-order valence-corrected chi connectivity index (χ2v) is 6.41. The molecule has 86 valence electrons. The van der Waals surface area contributed by atoms with Crippen molar-refractivity contribution in [3.8, 4) is 0 Å². The van der Waals surface area contributed by atoms with Crippen LogP contribution in [0.5, 0.6) is 0 Å². The molecule has 0 spiro atoms. The standard InChI is InChI=1S/C11H19BrN2S/c1-14(2)9-3-7-13-8-6-10-4-5-11(12)15-10/h4-5,13H,3,6-9H2,1-2H3. The topological polar surface area (TPSA) is 15.3 Å². The van der Waals surface area contributed by atoms with Gasteiger partial charge in [0.15, 0.2) is 0 Å². The van der Waals surface area contributed by atoms with Crippen molar-refractivity contribution >= 4 is 27.3 Å². The van der Waals surface area contributed by atoms with Crippen LogP contribution >= 0.6 is 27.3 Å². The minimum atomic E-state index is 1.08. The maximum absolute atomic E-state index is 3.47. The molecule has 0 aromatic carbocycles. The number of nitrogens with one attached hydrogen (secondary N) is 1. The molecule has 0 aliphatic rings. The summed E-state index contributed by atoms with van der Waals surface area (Å²) in [5.74, 6) is 0. The van der Waals surface area contributed by atoms with E-state index in [2.05, 4.69) is 52.4 Å². The maximum Gasteiger partial charge on any atom is 0.0701 e. The fourth-order valence-corrected chi connectivity index (χ4v) is 2.83. The first-order valence-electron chi connectivity index (χ1n) is 5.28. The summed E-state index contributed by atoms with van der Waals surface area (Å²) in [6.07, 6.45) is 2.36. The van der Waals surface area contributed by atoms with E-state index in [-0.39, 0.29) is 0 Å². The number of hydrogen-bond donors (Lipinski definition) is 1. The Bertz CT molecular complexity index is 273. The van der Waals surface area contributed by atoms with E-state index in [9.17, 15) is 0 Å². The van der Waals surface area contributed by atoms with Gasteiger partial charge in [-0.3, -0.25) is 0 Å². The zero-order valence-electron chi connectivity index (χ0n) is 9.42. The minimum absolute atomic E-state index is 1.08. The van der Waals surface area contributed by atoms with Crippen molar-refractivity contribution in [3.63, 3.8) is 0 Å². The molecule has 0 saturated carbocycles. The first-order valence-corrected chi connectivity index (χ1v) is 6.89. The molecule has 1 rings (SSSR count). The molecule has 0 atom stereocenters. The fourth-order valence-electron chi connectivity index (χ4n) is 1.34. The van der Waals surface area contributed by atoms with Crippen molar-refractivity contribution in [2.75, 3.05) is 33.7 Å². The van der Waals surface area contributed by atoms with E-state index in [1.807, 2.05) is 11.3 Å². The third-order valence-corrected chi connectivity index (χ3v) is 3.82. The van der Waals surface area contributed by atoms with Crippen LogP contribution in [0.1, 0.15) is 11.3 Å². The Kier molecular flexibility index (Phi) is 6.48. The van der Waals surface area contributed by atoms with Crippen molar-refractivity contribution in [2.45, 2.75) is 12.8 Å². The van der Waals surface area contributed by atoms with Gasteiger partial charge in [-0.05, 0) is 74.6 Å². The van der Waals surface area contributed by atoms with Gasteiger partial charge < -0.3 is 10.2 Å². The molecule has 1 aromatic rings. The monoisotopic (exact) mass is 290 g/mol. The summed E-state index contributed by atoms with van der Waals surface area (Å²) in [5, 5.41) is 3.46. The first-order chi connectivity index (χ1) is 7.18. The van der Waals surface area contributed by atoms with Crippen molar-refractivity contribution in [3.05, 3.63) is 20.8 Å². The van der Waals surface area contributed by atoms with E-state index in [1.165, 1.54) is 15.1 Å². The third-order valence-electron chi connectivity index (χ3n) is 2.14. The first kappa shape index (κ1) is 13.2. The summed E-state index contributed by atoms with van der Waals surface area (Å²) in [6, 6.07) is 4.31. The SMILES string of the molecule is CN(C)CCCNCCc1ccc(Br)s1.